The Labute approximate surface area is 118 Å². The van der Waals surface area contributed by atoms with Crippen LogP contribution >= 0.6 is 15.9 Å². The molecule has 1 aliphatic rings. The van der Waals surface area contributed by atoms with Crippen molar-refractivity contribution in [2.24, 2.45) is 7.05 Å². The van der Waals surface area contributed by atoms with Gasteiger partial charge in [0.2, 0.25) is 0 Å². The molecule has 0 bridgehead atoms. The van der Waals surface area contributed by atoms with Gasteiger partial charge in [0, 0.05) is 17.9 Å². The van der Waals surface area contributed by atoms with Crippen LogP contribution in [0.3, 0.4) is 0 Å². The summed E-state index contributed by atoms with van der Waals surface area (Å²) in [6, 6.07) is 6.37. The Morgan fingerprint density at radius 3 is 2.63 bits per heavy atom. The number of rotatable bonds is 3. The van der Waals surface area contributed by atoms with E-state index >= 15 is 0 Å². The molecular formula is C14H14BrFN2O. The van der Waals surface area contributed by atoms with Crippen molar-refractivity contribution in [3.8, 4) is 5.69 Å². The quantitative estimate of drug-likeness (QED) is 0.797. The Bertz CT molecular complexity index is 685. The molecule has 2 aromatic rings. The van der Waals surface area contributed by atoms with E-state index < -0.39 is 0 Å². The highest BCUT2D eigenvalue weighted by atomic mass is 79.9. The topological polar surface area (TPSA) is 26.9 Å². The molecule has 1 aromatic heterocycles. The molecule has 1 saturated carbocycles. The van der Waals surface area contributed by atoms with Gasteiger partial charge in [-0.1, -0.05) is 28.1 Å². The van der Waals surface area contributed by atoms with E-state index in [-0.39, 0.29) is 11.4 Å². The molecule has 1 heterocycles. The third kappa shape index (κ3) is 1.96. The van der Waals surface area contributed by atoms with E-state index in [1.165, 1.54) is 10.7 Å². The maximum atomic E-state index is 13.9. The number of hydrogen-bond acceptors (Lipinski definition) is 1. The van der Waals surface area contributed by atoms with Crippen molar-refractivity contribution in [3.05, 3.63) is 51.7 Å². The summed E-state index contributed by atoms with van der Waals surface area (Å²) in [6.45, 7) is 0. The van der Waals surface area contributed by atoms with Gasteiger partial charge < -0.3 is 0 Å². The van der Waals surface area contributed by atoms with Crippen molar-refractivity contribution in [1.29, 1.82) is 0 Å². The molecule has 0 unspecified atom stereocenters. The highest BCUT2D eigenvalue weighted by molar-refractivity contribution is 9.08. The fraction of sp³-hybridized carbons (Fsp3) is 0.357. The summed E-state index contributed by atoms with van der Waals surface area (Å²) < 4.78 is 17.1. The smallest absolute Gasteiger partial charge is 0.275 e. The first-order valence-electron chi connectivity index (χ1n) is 6.26. The van der Waals surface area contributed by atoms with Crippen molar-refractivity contribution >= 4 is 15.9 Å². The number of halogens is 2. The van der Waals surface area contributed by atoms with Gasteiger partial charge in [-0.25, -0.2) is 9.07 Å². The second kappa shape index (κ2) is 4.63. The Hall–Kier alpha value is -1.36. The van der Waals surface area contributed by atoms with Gasteiger partial charge in [-0.2, -0.15) is 0 Å². The first-order chi connectivity index (χ1) is 9.15. The molecule has 19 heavy (non-hydrogen) atoms. The predicted octanol–water partition coefficient (Wildman–Crippen LogP) is 3.09. The summed E-state index contributed by atoms with van der Waals surface area (Å²) in [5.41, 5.74) is 1.99. The number of hydrogen-bond donors (Lipinski definition) is 0. The Balaban J connectivity index is 2.28. The van der Waals surface area contributed by atoms with E-state index in [1.807, 2.05) is 0 Å². The fourth-order valence-electron chi connectivity index (χ4n) is 2.50. The van der Waals surface area contributed by atoms with Crippen LogP contribution in [0.25, 0.3) is 5.69 Å². The van der Waals surface area contributed by atoms with Gasteiger partial charge in [0.1, 0.15) is 11.5 Å². The average Bonchev–Trinajstić information content (AvgIpc) is 3.18. The van der Waals surface area contributed by atoms with E-state index in [2.05, 4.69) is 15.9 Å². The van der Waals surface area contributed by atoms with Crippen molar-refractivity contribution in [2.75, 3.05) is 0 Å². The lowest BCUT2D eigenvalue weighted by molar-refractivity contribution is 0.569. The lowest BCUT2D eigenvalue weighted by Crippen LogP contribution is -2.21. The number of benzene rings is 1. The van der Waals surface area contributed by atoms with Gasteiger partial charge in [-0.05, 0) is 30.9 Å². The van der Waals surface area contributed by atoms with Crippen LogP contribution in [0.5, 0.6) is 0 Å². The van der Waals surface area contributed by atoms with Crippen molar-refractivity contribution in [3.63, 3.8) is 0 Å². The normalized spacial score (nSPS) is 14.9. The molecule has 100 valence electrons. The standard InChI is InChI=1S/C14H14BrFN2O/c1-17-12(8-15)13(9-6-7-9)14(19)18(17)11-5-3-2-4-10(11)16/h2-5,9H,6-8H2,1H3. The third-order valence-corrected chi connectivity index (χ3v) is 4.15. The number of para-hydroxylation sites is 1. The van der Waals surface area contributed by atoms with Crippen LogP contribution in [0.15, 0.2) is 29.1 Å². The Kier molecular flexibility index (Phi) is 3.09. The minimum Gasteiger partial charge on any atom is -0.284 e. The lowest BCUT2D eigenvalue weighted by Gasteiger charge is -2.09. The van der Waals surface area contributed by atoms with Crippen LogP contribution in [0.2, 0.25) is 0 Å². The van der Waals surface area contributed by atoms with Crippen molar-refractivity contribution in [2.45, 2.75) is 24.1 Å². The molecule has 3 rings (SSSR count). The first-order valence-corrected chi connectivity index (χ1v) is 7.39. The first kappa shape index (κ1) is 12.7. The maximum Gasteiger partial charge on any atom is 0.275 e. The van der Waals surface area contributed by atoms with Gasteiger partial charge in [0.15, 0.2) is 0 Å². The molecule has 0 saturated heterocycles. The zero-order valence-corrected chi connectivity index (χ0v) is 12.2. The fourth-order valence-corrected chi connectivity index (χ4v) is 3.17. The van der Waals surface area contributed by atoms with E-state index in [0.29, 0.717) is 16.9 Å². The van der Waals surface area contributed by atoms with Gasteiger partial charge in [-0.3, -0.25) is 9.48 Å². The summed E-state index contributed by atoms with van der Waals surface area (Å²) >= 11 is 3.43. The summed E-state index contributed by atoms with van der Waals surface area (Å²) in [4.78, 5) is 12.6. The molecule has 1 aliphatic carbocycles. The van der Waals surface area contributed by atoms with Crippen molar-refractivity contribution in [1.82, 2.24) is 9.36 Å². The minimum absolute atomic E-state index is 0.0930. The molecule has 0 aliphatic heterocycles. The maximum absolute atomic E-state index is 13.9. The Morgan fingerprint density at radius 1 is 1.37 bits per heavy atom. The second-order valence-corrected chi connectivity index (χ2v) is 5.42. The third-order valence-electron chi connectivity index (χ3n) is 3.62. The second-order valence-electron chi connectivity index (χ2n) is 4.86. The molecule has 0 N–H and O–H groups in total. The molecule has 0 radical (unpaired) electrons. The van der Waals surface area contributed by atoms with E-state index in [1.54, 1.807) is 29.9 Å². The lowest BCUT2D eigenvalue weighted by atomic mass is 10.2. The summed E-state index contributed by atoms with van der Waals surface area (Å²) in [5.74, 6) is -0.0343. The van der Waals surface area contributed by atoms with Crippen LogP contribution in [0.1, 0.15) is 30.0 Å². The van der Waals surface area contributed by atoms with Crippen molar-refractivity contribution < 1.29 is 4.39 Å². The van der Waals surface area contributed by atoms with E-state index in [4.69, 9.17) is 0 Å². The highest BCUT2D eigenvalue weighted by Crippen LogP contribution is 2.40. The summed E-state index contributed by atoms with van der Waals surface area (Å²) in [5, 5.41) is 0.603. The van der Waals surface area contributed by atoms with Crippen LogP contribution in [0, 0.1) is 5.82 Å². The zero-order chi connectivity index (χ0) is 13.6. The van der Waals surface area contributed by atoms with Gasteiger partial charge in [0.25, 0.3) is 5.56 Å². The largest absolute Gasteiger partial charge is 0.284 e. The molecule has 5 heteroatoms. The molecule has 1 aromatic carbocycles. The van der Waals surface area contributed by atoms with E-state index in [9.17, 15) is 9.18 Å². The molecule has 3 nitrogen and oxygen atoms in total. The molecule has 0 amide bonds. The Morgan fingerprint density at radius 2 is 2.05 bits per heavy atom. The van der Waals surface area contributed by atoms with Gasteiger partial charge >= 0.3 is 0 Å². The van der Waals surface area contributed by atoms with Gasteiger partial charge in [-0.15, -0.1) is 0 Å². The number of nitrogens with zero attached hydrogens (tertiary/aromatic N) is 2. The van der Waals surface area contributed by atoms with Crippen LogP contribution in [0.4, 0.5) is 4.39 Å². The van der Waals surface area contributed by atoms with E-state index in [0.717, 1.165) is 24.1 Å². The highest BCUT2D eigenvalue weighted by Gasteiger charge is 2.32. The van der Waals surface area contributed by atoms with Crippen LogP contribution in [-0.4, -0.2) is 9.36 Å². The summed E-state index contributed by atoms with van der Waals surface area (Å²) in [7, 11) is 1.80. The molecule has 1 fully saturated rings. The monoisotopic (exact) mass is 324 g/mol. The van der Waals surface area contributed by atoms with Crippen LogP contribution < -0.4 is 5.56 Å². The minimum atomic E-state index is -0.381. The zero-order valence-electron chi connectivity index (χ0n) is 10.6. The number of alkyl halides is 1. The molecule has 0 spiro atoms. The SMILES string of the molecule is Cn1c(CBr)c(C2CC2)c(=O)n1-c1ccccc1F. The molecular weight excluding hydrogens is 311 g/mol. The van der Waals surface area contributed by atoms with Crippen LogP contribution in [-0.2, 0) is 12.4 Å². The number of aromatic nitrogens is 2. The summed E-state index contributed by atoms with van der Waals surface area (Å²) in [6.07, 6.45) is 2.10. The predicted molar refractivity (Wildman–Crippen MR) is 75.6 cm³/mol. The van der Waals surface area contributed by atoms with Gasteiger partial charge in [0.05, 0.1) is 5.69 Å². The molecule has 0 atom stereocenters. The average molecular weight is 325 g/mol.